The molecule has 19 heavy (non-hydrogen) atoms. The Kier molecular flexibility index (Phi) is 7.39. The summed E-state index contributed by atoms with van der Waals surface area (Å²) in [6, 6.07) is 0.0652. The van der Waals surface area contributed by atoms with E-state index in [1.54, 1.807) is 0 Å². The zero-order valence-electron chi connectivity index (χ0n) is 13.1. The second-order valence-corrected chi connectivity index (χ2v) is 5.85. The lowest BCUT2D eigenvalue weighted by atomic mass is 10.1. The Bertz CT molecular complexity index is 268. The summed E-state index contributed by atoms with van der Waals surface area (Å²) in [6.45, 7) is 6.34. The van der Waals surface area contributed by atoms with Crippen molar-refractivity contribution in [3.05, 3.63) is 0 Å². The first-order valence-electron chi connectivity index (χ1n) is 7.81. The van der Waals surface area contributed by atoms with Crippen LogP contribution >= 0.6 is 0 Å². The van der Waals surface area contributed by atoms with Gasteiger partial charge in [-0.2, -0.15) is 0 Å². The maximum atomic E-state index is 12.4. The first kappa shape index (κ1) is 16.4. The Morgan fingerprint density at radius 3 is 2.42 bits per heavy atom. The smallest absolute Gasteiger partial charge is 0.241 e. The van der Waals surface area contributed by atoms with Crippen LogP contribution in [0.4, 0.5) is 0 Å². The van der Waals surface area contributed by atoms with E-state index in [1.165, 1.54) is 0 Å². The van der Waals surface area contributed by atoms with Crippen molar-refractivity contribution in [2.24, 2.45) is 0 Å². The van der Waals surface area contributed by atoms with Gasteiger partial charge >= 0.3 is 0 Å². The highest BCUT2D eigenvalue weighted by Gasteiger charge is 2.36. The van der Waals surface area contributed by atoms with Gasteiger partial charge in [-0.05, 0) is 46.3 Å². The van der Waals surface area contributed by atoms with Gasteiger partial charge in [0.25, 0.3) is 0 Å². The summed E-state index contributed by atoms with van der Waals surface area (Å²) in [5, 5.41) is 3.51. The number of hydrogen-bond donors (Lipinski definition) is 1. The molecule has 1 rings (SSSR count). The number of rotatable bonds is 9. The van der Waals surface area contributed by atoms with E-state index in [9.17, 15) is 4.79 Å². The monoisotopic (exact) mass is 269 g/mol. The Balaban J connectivity index is 2.44. The summed E-state index contributed by atoms with van der Waals surface area (Å²) in [5.74, 6) is 0.324. The first-order valence-corrected chi connectivity index (χ1v) is 7.81. The van der Waals surface area contributed by atoms with Crippen molar-refractivity contribution >= 4 is 5.91 Å². The third-order valence-corrected chi connectivity index (χ3v) is 3.74. The highest BCUT2D eigenvalue weighted by atomic mass is 16.2. The third-order valence-electron chi connectivity index (χ3n) is 3.74. The van der Waals surface area contributed by atoms with Gasteiger partial charge < -0.3 is 9.80 Å². The van der Waals surface area contributed by atoms with E-state index in [4.69, 9.17) is 0 Å². The molecule has 0 aromatic carbocycles. The van der Waals surface area contributed by atoms with Gasteiger partial charge in [-0.1, -0.05) is 26.7 Å². The van der Waals surface area contributed by atoms with Gasteiger partial charge in [0.2, 0.25) is 5.91 Å². The first-order chi connectivity index (χ1) is 9.10. The van der Waals surface area contributed by atoms with E-state index in [0.717, 1.165) is 51.6 Å². The van der Waals surface area contributed by atoms with Crippen LogP contribution in [0, 0.1) is 0 Å². The molecule has 1 aliphatic rings. The van der Waals surface area contributed by atoms with Crippen molar-refractivity contribution in [2.75, 3.05) is 27.2 Å². The molecule has 0 aromatic rings. The number of carbonyl (C=O) groups is 1. The van der Waals surface area contributed by atoms with Crippen molar-refractivity contribution < 1.29 is 4.79 Å². The molecule has 1 N–H and O–H groups in total. The van der Waals surface area contributed by atoms with Crippen molar-refractivity contribution in [3.63, 3.8) is 0 Å². The SMILES string of the molecule is CCCC1NC(CCC)N(CCCCN(C)C)C1=O. The Hall–Kier alpha value is -0.610. The highest BCUT2D eigenvalue weighted by molar-refractivity contribution is 5.84. The summed E-state index contributed by atoms with van der Waals surface area (Å²) in [4.78, 5) is 16.6. The molecular formula is C15H31N3O. The second kappa shape index (κ2) is 8.54. The van der Waals surface area contributed by atoms with E-state index >= 15 is 0 Å². The summed E-state index contributed by atoms with van der Waals surface area (Å²) in [5.41, 5.74) is 0. The molecule has 1 amide bonds. The van der Waals surface area contributed by atoms with Gasteiger partial charge in [0.1, 0.15) is 0 Å². The average Bonchev–Trinajstić information content (AvgIpc) is 2.63. The maximum absolute atomic E-state index is 12.4. The van der Waals surface area contributed by atoms with Gasteiger partial charge in [0.05, 0.1) is 12.2 Å². The number of unbranched alkanes of at least 4 members (excludes halogenated alkanes) is 1. The van der Waals surface area contributed by atoms with E-state index in [2.05, 4.69) is 43.1 Å². The molecule has 112 valence electrons. The van der Waals surface area contributed by atoms with Crippen molar-refractivity contribution in [3.8, 4) is 0 Å². The minimum absolute atomic E-state index is 0.0652. The van der Waals surface area contributed by atoms with Crippen molar-refractivity contribution in [2.45, 2.75) is 64.6 Å². The molecule has 2 atom stereocenters. The highest BCUT2D eigenvalue weighted by Crippen LogP contribution is 2.18. The quantitative estimate of drug-likeness (QED) is 0.651. The lowest BCUT2D eigenvalue weighted by Gasteiger charge is -2.24. The minimum atomic E-state index is 0.0652. The van der Waals surface area contributed by atoms with Crippen LogP contribution < -0.4 is 5.32 Å². The summed E-state index contributed by atoms with van der Waals surface area (Å²) < 4.78 is 0. The Morgan fingerprint density at radius 1 is 1.16 bits per heavy atom. The molecule has 4 nitrogen and oxygen atoms in total. The number of hydrogen-bond acceptors (Lipinski definition) is 3. The molecule has 0 radical (unpaired) electrons. The summed E-state index contributed by atoms with van der Waals surface area (Å²) in [6.07, 6.45) is 6.76. The number of amides is 1. The molecule has 1 fully saturated rings. The number of nitrogens with zero attached hydrogens (tertiary/aromatic N) is 2. The van der Waals surface area contributed by atoms with Crippen LogP contribution in [0.15, 0.2) is 0 Å². The van der Waals surface area contributed by atoms with Gasteiger partial charge in [-0.25, -0.2) is 0 Å². The predicted molar refractivity (Wildman–Crippen MR) is 80.0 cm³/mol. The minimum Gasteiger partial charge on any atom is -0.326 e. The molecule has 0 aliphatic carbocycles. The molecule has 0 spiro atoms. The Morgan fingerprint density at radius 2 is 1.84 bits per heavy atom. The van der Waals surface area contributed by atoms with Crippen molar-refractivity contribution in [1.29, 1.82) is 0 Å². The fourth-order valence-electron chi connectivity index (χ4n) is 2.73. The van der Waals surface area contributed by atoms with E-state index in [1.807, 2.05) is 0 Å². The molecule has 1 aliphatic heterocycles. The molecular weight excluding hydrogens is 238 g/mol. The fourth-order valence-corrected chi connectivity index (χ4v) is 2.73. The molecule has 4 heteroatoms. The van der Waals surface area contributed by atoms with E-state index < -0.39 is 0 Å². The predicted octanol–water partition coefficient (Wildman–Crippen LogP) is 2.05. The largest absolute Gasteiger partial charge is 0.326 e. The van der Waals surface area contributed by atoms with Crippen LogP contribution in [0.2, 0.25) is 0 Å². The average molecular weight is 269 g/mol. The topological polar surface area (TPSA) is 35.6 Å². The summed E-state index contributed by atoms with van der Waals surface area (Å²) >= 11 is 0. The molecule has 0 bridgehead atoms. The lowest BCUT2D eigenvalue weighted by Crippen LogP contribution is -2.38. The van der Waals surface area contributed by atoms with Crippen LogP contribution in [0.3, 0.4) is 0 Å². The fraction of sp³-hybridized carbons (Fsp3) is 0.933. The van der Waals surface area contributed by atoms with Gasteiger partial charge in [-0.3, -0.25) is 10.1 Å². The second-order valence-electron chi connectivity index (χ2n) is 5.85. The van der Waals surface area contributed by atoms with Crippen LogP contribution in [-0.2, 0) is 4.79 Å². The van der Waals surface area contributed by atoms with Crippen LogP contribution in [0.25, 0.3) is 0 Å². The van der Waals surface area contributed by atoms with E-state index in [-0.39, 0.29) is 12.2 Å². The summed E-state index contributed by atoms with van der Waals surface area (Å²) in [7, 11) is 4.19. The molecule has 2 unspecified atom stereocenters. The van der Waals surface area contributed by atoms with Crippen LogP contribution in [0.1, 0.15) is 52.4 Å². The van der Waals surface area contributed by atoms with Crippen LogP contribution in [-0.4, -0.2) is 55.1 Å². The van der Waals surface area contributed by atoms with Gasteiger partial charge in [0.15, 0.2) is 0 Å². The standard InChI is InChI=1S/C15H31N3O/c1-5-9-13-15(19)18(14(16-13)10-6-2)12-8-7-11-17(3)4/h13-14,16H,5-12H2,1-4H3. The zero-order chi connectivity index (χ0) is 14.3. The lowest BCUT2D eigenvalue weighted by molar-refractivity contribution is -0.130. The number of nitrogens with one attached hydrogen (secondary N) is 1. The third kappa shape index (κ3) is 5.11. The maximum Gasteiger partial charge on any atom is 0.241 e. The van der Waals surface area contributed by atoms with Gasteiger partial charge in [0, 0.05) is 6.54 Å². The molecule has 0 aromatic heterocycles. The Labute approximate surface area is 118 Å². The normalized spacial score (nSPS) is 23.6. The molecule has 1 saturated heterocycles. The molecule has 0 saturated carbocycles. The number of carbonyl (C=O) groups excluding carboxylic acids is 1. The molecule has 1 heterocycles. The van der Waals surface area contributed by atoms with Crippen molar-refractivity contribution in [1.82, 2.24) is 15.1 Å². The van der Waals surface area contributed by atoms with Gasteiger partial charge in [-0.15, -0.1) is 0 Å². The van der Waals surface area contributed by atoms with E-state index in [0.29, 0.717) is 5.91 Å². The van der Waals surface area contributed by atoms with Crippen LogP contribution in [0.5, 0.6) is 0 Å². The zero-order valence-corrected chi connectivity index (χ0v) is 13.1.